The molecule has 0 unspecified atom stereocenters. The molecule has 1 N–H and O–H groups in total. The third kappa shape index (κ3) is 2.31. The Kier molecular flexibility index (Phi) is 2.77. The summed E-state index contributed by atoms with van der Waals surface area (Å²) < 4.78 is 18.0. The van der Waals surface area contributed by atoms with E-state index in [1.807, 2.05) is 0 Å². The summed E-state index contributed by atoms with van der Waals surface area (Å²) in [6.45, 7) is 3.37. The molecule has 0 saturated heterocycles. The lowest BCUT2D eigenvalue weighted by Crippen LogP contribution is -1.85. The summed E-state index contributed by atoms with van der Waals surface area (Å²) in [6, 6.07) is 9.63. The largest absolute Gasteiger partial charge is 0.505 e. The SMILES string of the molecule is C=C(O)c1ccc(Cc2ccc(F)cc2)o1. The summed E-state index contributed by atoms with van der Waals surface area (Å²) in [5.41, 5.74) is 0.950. The smallest absolute Gasteiger partial charge is 0.168 e. The molecule has 0 spiro atoms. The summed E-state index contributed by atoms with van der Waals surface area (Å²) in [5, 5.41) is 9.10. The molecule has 0 aliphatic rings. The van der Waals surface area contributed by atoms with E-state index in [1.165, 1.54) is 12.1 Å². The van der Waals surface area contributed by atoms with E-state index >= 15 is 0 Å². The molecule has 1 aromatic heterocycles. The highest BCUT2D eigenvalue weighted by Gasteiger charge is 2.05. The van der Waals surface area contributed by atoms with Crippen molar-refractivity contribution in [2.24, 2.45) is 0 Å². The summed E-state index contributed by atoms with van der Waals surface area (Å²) in [4.78, 5) is 0. The van der Waals surface area contributed by atoms with Crippen molar-refractivity contribution >= 4 is 5.76 Å². The maximum absolute atomic E-state index is 12.7. The van der Waals surface area contributed by atoms with Crippen LogP contribution in [0.15, 0.2) is 47.4 Å². The van der Waals surface area contributed by atoms with Gasteiger partial charge in [-0.15, -0.1) is 0 Å². The van der Waals surface area contributed by atoms with E-state index in [0.29, 0.717) is 17.9 Å². The molecule has 0 aliphatic carbocycles. The van der Waals surface area contributed by atoms with E-state index in [-0.39, 0.29) is 11.6 Å². The van der Waals surface area contributed by atoms with Crippen molar-refractivity contribution in [3.63, 3.8) is 0 Å². The second-order valence-electron chi connectivity index (χ2n) is 3.52. The summed E-state index contributed by atoms with van der Waals surface area (Å²) in [5.74, 6) is 0.715. The zero-order valence-corrected chi connectivity index (χ0v) is 8.61. The van der Waals surface area contributed by atoms with Crippen LogP contribution in [0.1, 0.15) is 17.1 Å². The van der Waals surface area contributed by atoms with Crippen molar-refractivity contribution in [1.82, 2.24) is 0 Å². The molecule has 0 aliphatic heterocycles. The van der Waals surface area contributed by atoms with Crippen molar-refractivity contribution in [3.8, 4) is 0 Å². The van der Waals surface area contributed by atoms with Crippen molar-refractivity contribution in [3.05, 3.63) is 65.9 Å². The molecule has 2 rings (SSSR count). The standard InChI is InChI=1S/C13H11FO2/c1-9(15)13-7-6-12(16-13)8-10-2-4-11(14)5-3-10/h2-7,15H,1,8H2. The van der Waals surface area contributed by atoms with Gasteiger partial charge in [0.1, 0.15) is 11.6 Å². The van der Waals surface area contributed by atoms with Gasteiger partial charge >= 0.3 is 0 Å². The van der Waals surface area contributed by atoms with Gasteiger partial charge in [-0.2, -0.15) is 0 Å². The van der Waals surface area contributed by atoms with Crippen LogP contribution in [0.4, 0.5) is 4.39 Å². The van der Waals surface area contributed by atoms with Crippen LogP contribution in [-0.4, -0.2) is 5.11 Å². The lowest BCUT2D eigenvalue weighted by molar-refractivity contribution is 0.445. The number of hydrogen-bond donors (Lipinski definition) is 1. The van der Waals surface area contributed by atoms with Crippen LogP contribution in [-0.2, 0) is 6.42 Å². The van der Waals surface area contributed by atoms with Gasteiger partial charge in [0.15, 0.2) is 11.5 Å². The molecule has 2 nitrogen and oxygen atoms in total. The van der Waals surface area contributed by atoms with E-state index in [1.54, 1.807) is 24.3 Å². The monoisotopic (exact) mass is 218 g/mol. The van der Waals surface area contributed by atoms with Crippen LogP contribution in [0.25, 0.3) is 5.76 Å². The molecule has 0 saturated carbocycles. The minimum atomic E-state index is -0.257. The first-order chi connectivity index (χ1) is 7.65. The summed E-state index contributed by atoms with van der Waals surface area (Å²) in [7, 11) is 0. The normalized spacial score (nSPS) is 10.3. The molecule has 2 aromatic rings. The Hall–Kier alpha value is -2.03. The number of halogens is 1. The van der Waals surface area contributed by atoms with Gasteiger partial charge in [-0.1, -0.05) is 18.7 Å². The predicted molar refractivity (Wildman–Crippen MR) is 59.6 cm³/mol. The van der Waals surface area contributed by atoms with Crippen LogP contribution in [0.2, 0.25) is 0 Å². The van der Waals surface area contributed by atoms with Gasteiger partial charge in [0, 0.05) is 6.42 Å². The quantitative estimate of drug-likeness (QED) is 0.799. The van der Waals surface area contributed by atoms with Crippen molar-refractivity contribution in [2.45, 2.75) is 6.42 Å². The Labute approximate surface area is 92.6 Å². The van der Waals surface area contributed by atoms with E-state index in [4.69, 9.17) is 9.52 Å². The van der Waals surface area contributed by atoms with Gasteiger partial charge in [0.25, 0.3) is 0 Å². The Morgan fingerprint density at radius 1 is 1.19 bits per heavy atom. The first-order valence-electron chi connectivity index (χ1n) is 4.86. The molecule has 0 amide bonds. The molecule has 0 atom stereocenters. The Bertz CT molecular complexity index is 497. The predicted octanol–water partition coefficient (Wildman–Crippen LogP) is 3.54. The lowest BCUT2D eigenvalue weighted by atomic mass is 10.1. The van der Waals surface area contributed by atoms with Crippen molar-refractivity contribution < 1.29 is 13.9 Å². The highest BCUT2D eigenvalue weighted by Crippen LogP contribution is 2.17. The highest BCUT2D eigenvalue weighted by atomic mass is 19.1. The zero-order valence-electron chi connectivity index (χ0n) is 8.61. The fourth-order valence-corrected chi connectivity index (χ4v) is 1.43. The number of benzene rings is 1. The lowest BCUT2D eigenvalue weighted by Gasteiger charge is -1.98. The molecule has 0 fully saturated rings. The van der Waals surface area contributed by atoms with E-state index in [0.717, 1.165) is 5.56 Å². The van der Waals surface area contributed by atoms with Gasteiger partial charge in [0.2, 0.25) is 0 Å². The first kappa shape index (κ1) is 10.5. The molecule has 1 heterocycles. The maximum Gasteiger partial charge on any atom is 0.168 e. The minimum absolute atomic E-state index is 0.0923. The maximum atomic E-state index is 12.7. The Morgan fingerprint density at radius 3 is 2.44 bits per heavy atom. The number of rotatable bonds is 3. The van der Waals surface area contributed by atoms with Crippen LogP contribution < -0.4 is 0 Å². The number of hydrogen-bond acceptors (Lipinski definition) is 2. The van der Waals surface area contributed by atoms with Gasteiger partial charge in [-0.05, 0) is 29.8 Å². The second-order valence-corrected chi connectivity index (χ2v) is 3.52. The molecule has 1 aromatic carbocycles. The molecule has 3 heteroatoms. The van der Waals surface area contributed by atoms with Crippen LogP contribution >= 0.6 is 0 Å². The Balaban J connectivity index is 2.14. The van der Waals surface area contributed by atoms with E-state index in [9.17, 15) is 4.39 Å². The van der Waals surface area contributed by atoms with Gasteiger partial charge in [-0.25, -0.2) is 4.39 Å². The van der Waals surface area contributed by atoms with Crippen LogP contribution in [0.5, 0.6) is 0 Å². The highest BCUT2D eigenvalue weighted by molar-refractivity contribution is 5.50. The molecular formula is C13H11FO2. The van der Waals surface area contributed by atoms with E-state index in [2.05, 4.69) is 6.58 Å². The van der Waals surface area contributed by atoms with E-state index < -0.39 is 0 Å². The topological polar surface area (TPSA) is 33.4 Å². The summed E-state index contributed by atoms with van der Waals surface area (Å²) in [6.07, 6.45) is 0.563. The van der Waals surface area contributed by atoms with Gasteiger partial charge in [0.05, 0.1) is 0 Å². The van der Waals surface area contributed by atoms with Crippen molar-refractivity contribution in [2.75, 3.05) is 0 Å². The average molecular weight is 218 g/mol. The van der Waals surface area contributed by atoms with Gasteiger partial charge < -0.3 is 9.52 Å². The average Bonchev–Trinajstić information content (AvgIpc) is 2.70. The number of furan rings is 1. The minimum Gasteiger partial charge on any atom is -0.505 e. The number of aliphatic hydroxyl groups excluding tert-OH is 1. The molecule has 16 heavy (non-hydrogen) atoms. The third-order valence-electron chi connectivity index (χ3n) is 2.24. The fourth-order valence-electron chi connectivity index (χ4n) is 1.43. The van der Waals surface area contributed by atoms with Crippen LogP contribution in [0.3, 0.4) is 0 Å². The Morgan fingerprint density at radius 2 is 1.88 bits per heavy atom. The number of aliphatic hydroxyl groups is 1. The van der Waals surface area contributed by atoms with Crippen LogP contribution in [0, 0.1) is 5.82 Å². The summed E-state index contributed by atoms with van der Waals surface area (Å²) >= 11 is 0. The molecule has 0 radical (unpaired) electrons. The first-order valence-corrected chi connectivity index (χ1v) is 4.86. The zero-order chi connectivity index (χ0) is 11.5. The molecular weight excluding hydrogens is 207 g/mol. The molecule has 82 valence electrons. The van der Waals surface area contributed by atoms with Crippen molar-refractivity contribution in [1.29, 1.82) is 0 Å². The second kappa shape index (κ2) is 4.23. The third-order valence-corrected chi connectivity index (χ3v) is 2.24. The fraction of sp³-hybridized carbons (Fsp3) is 0.0769. The molecule has 0 bridgehead atoms. The van der Waals surface area contributed by atoms with Gasteiger partial charge in [-0.3, -0.25) is 0 Å².